The molecule has 37 heavy (non-hydrogen) atoms. The molecule has 2 aromatic heterocycles. The smallest absolute Gasteiger partial charge is 0.255 e. The highest BCUT2D eigenvalue weighted by atomic mass is 35.5. The van der Waals surface area contributed by atoms with Gasteiger partial charge in [-0.15, -0.1) is 0 Å². The van der Waals surface area contributed by atoms with E-state index in [0.29, 0.717) is 30.3 Å². The van der Waals surface area contributed by atoms with Gasteiger partial charge in [0, 0.05) is 35.6 Å². The number of carbonyl (C=O) groups excluding carboxylic acids is 2. The molecule has 7 nitrogen and oxygen atoms in total. The Labute approximate surface area is 218 Å². The Morgan fingerprint density at radius 1 is 1.11 bits per heavy atom. The van der Waals surface area contributed by atoms with Crippen LogP contribution >= 0.6 is 11.6 Å². The number of nitrogens with one attached hydrogen (secondary N) is 1. The van der Waals surface area contributed by atoms with Crippen molar-refractivity contribution in [2.45, 2.75) is 25.2 Å². The van der Waals surface area contributed by atoms with E-state index in [4.69, 9.17) is 16.3 Å². The first-order valence-electron chi connectivity index (χ1n) is 12.0. The lowest BCUT2D eigenvalue weighted by atomic mass is 9.89. The predicted molar refractivity (Wildman–Crippen MR) is 140 cm³/mol. The number of hydrogen-bond donors (Lipinski definition) is 1. The lowest BCUT2D eigenvalue weighted by molar-refractivity contribution is -0.115. The Kier molecular flexibility index (Phi) is 7.10. The molecule has 3 heterocycles. The van der Waals surface area contributed by atoms with E-state index in [2.05, 4.69) is 10.3 Å². The highest BCUT2D eigenvalue weighted by molar-refractivity contribution is 6.31. The van der Waals surface area contributed by atoms with Crippen molar-refractivity contribution < 1.29 is 18.7 Å². The molecule has 1 fully saturated rings. The molecule has 0 aliphatic carbocycles. The lowest BCUT2D eigenvalue weighted by Crippen LogP contribution is -2.38. The van der Waals surface area contributed by atoms with Gasteiger partial charge in [-0.25, -0.2) is 9.37 Å². The monoisotopic (exact) mass is 520 g/mol. The molecule has 1 aliphatic rings. The number of amides is 2. The number of nitrogens with zero attached hydrogens (tertiary/aromatic N) is 3. The Bertz CT molecular complexity index is 1450. The molecule has 1 aliphatic heterocycles. The summed E-state index contributed by atoms with van der Waals surface area (Å²) in [6.45, 7) is 1.35. The first-order valence-corrected chi connectivity index (χ1v) is 12.4. The Balaban J connectivity index is 1.16. The molecule has 2 amide bonds. The zero-order valence-corrected chi connectivity index (χ0v) is 21.0. The van der Waals surface area contributed by atoms with Crippen LogP contribution in [0.4, 0.5) is 10.1 Å². The fourth-order valence-electron chi connectivity index (χ4n) is 4.75. The van der Waals surface area contributed by atoms with Crippen LogP contribution in [0.5, 0.6) is 5.75 Å². The number of fused-ring (bicyclic) bond motifs is 1. The van der Waals surface area contributed by atoms with Crippen LogP contribution in [0, 0.1) is 5.82 Å². The first-order chi connectivity index (χ1) is 17.9. The number of piperidine rings is 1. The fraction of sp³-hybridized carbons (Fsp3) is 0.250. The first kappa shape index (κ1) is 24.8. The number of imidazole rings is 1. The highest BCUT2D eigenvalue weighted by Gasteiger charge is 2.25. The highest BCUT2D eigenvalue weighted by Crippen LogP contribution is 2.30. The minimum Gasteiger partial charge on any atom is -0.494 e. The van der Waals surface area contributed by atoms with Crippen LogP contribution in [0.25, 0.3) is 5.52 Å². The fourth-order valence-corrected chi connectivity index (χ4v) is 4.96. The van der Waals surface area contributed by atoms with E-state index in [0.717, 1.165) is 23.9 Å². The summed E-state index contributed by atoms with van der Waals surface area (Å²) in [5.41, 5.74) is 3.48. The van der Waals surface area contributed by atoms with Crippen molar-refractivity contribution in [1.29, 1.82) is 0 Å². The summed E-state index contributed by atoms with van der Waals surface area (Å²) in [4.78, 5) is 31.5. The number of halogens is 2. The van der Waals surface area contributed by atoms with E-state index in [9.17, 15) is 14.0 Å². The van der Waals surface area contributed by atoms with Gasteiger partial charge in [-0.1, -0.05) is 23.7 Å². The number of pyridine rings is 1. The van der Waals surface area contributed by atoms with Crippen LogP contribution in [0.1, 0.15) is 40.2 Å². The third kappa shape index (κ3) is 5.29. The molecule has 2 aromatic carbocycles. The molecule has 1 N–H and O–H groups in total. The predicted octanol–water partition coefficient (Wildman–Crippen LogP) is 5.34. The molecule has 5 rings (SSSR count). The van der Waals surface area contributed by atoms with E-state index in [1.54, 1.807) is 12.5 Å². The molecule has 0 radical (unpaired) electrons. The van der Waals surface area contributed by atoms with Crippen molar-refractivity contribution >= 4 is 34.6 Å². The van der Waals surface area contributed by atoms with Gasteiger partial charge < -0.3 is 19.4 Å². The van der Waals surface area contributed by atoms with Crippen molar-refractivity contribution in [2.24, 2.45) is 0 Å². The SMILES string of the molecule is COc1ccc(Cl)c(CC(=O)Nc2ccc(C3CCN(C(=O)c4ccc5cncn5c4)CC3)cc2)c1F. The second-order valence-electron chi connectivity index (χ2n) is 9.10. The number of aromatic nitrogens is 2. The third-order valence-electron chi connectivity index (χ3n) is 6.81. The molecule has 4 aromatic rings. The van der Waals surface area contributed by atoms with Crippen molar-refractivity contribution in [3.8, 4) is 5.75 Å². The Morgan fingerprint density at radius 3 is 2.59 bits per heavy atom. The van der Waals surface area contributed by atoms with Gasteiger partial charge in [0.2, 0.25) is 5.91 Å². The van der Waals surface area contributed by atoms with E-state index in [1.165, 1.54) is 19.2 Å². The zero-order valence-electron chi connectivity index (χ0n) is 20.3. The van der Waals surface area contributed by atoms with Gasteiger partial charge in [0.15, 0.2) is 11.6 Å². The average molecular weight is 521 g/mol. The van der Waals surface area contributed by atoms with Crippen molar-refractivity contribution in [1.82, 2.24) is 14.3 Å². The molecule has 0 unspecified atom stereocenters. The Morgan fingerprint density at radius 2 is 1.86 bits per heavy atom. The van der Waals surface area contributed by atoms with Crippen LogP contribution < -0.4 is 10.1 Å². The van der Waals surface area contributed by atoms with Crippen LogP contribution in [0.3, 0.4) is 0 Å². The van der Waals surface area contributed by atoms with Gasteiger partial charge in [-0.05, 0) is 60.7 Å². The van der Waals surface area contributed by atoms with Crippen molar-refractivity contribution in [3.63, 3.8) is 0 Å². The van der Waals surface area contributed by atoms with E-state index in [-0.39, 0.29) is 34.6 Å². The second kappa shape index (κ2) is 10.6. The molecule has 190 valence electrons. The molecular formula is C28H26ClFN4O3. The summed E-state index contributed by atoms with van der Waals surface area (Å²) in [5, 5.41) is 2.98. The number of carbonyl (C=O) groups is 2. The van der Waals surface area contributed by atoms with Crippen molar-refractivity contribution in [3.05, 3.63) is 94.8 Å². The van der Waals surface area contributed by atoms with Crippen LogP contribution in [0.2, 0.25) is 5.02 Å². The summed E-state index contributed by atoms with van der Waals surface area (Å²) < 4.78 is 21.3. The van der Waals surface area contributed by atoms with Gasteiger partial charge in [0.05, 0.1) is 37.1 Å². The van der Waals surface area contributed by atoms with Crippen LogP contribution in [0.15, 0.2) is 67.3 Å². The van der Waals surface area contributed by atoms with Gasteiger partial charge >= 0.3 is 0 Å². The van der Waals surface area contributed by atoms with E-state index < -0.39 is 5.82 Å². The molecule has 9 heteroatoms. The molecule has 0 spiro atoms. The largest absolute Gasteiger partial charge is 0.494 e. The van der Waals surface area contributed by atoms with Gasteiger partial charge in [-0.3, -0.25) is 9.59 Å². The van der Waals surface area contributed by atoms with Crippen LogP contribution in [-0.2, 0) is 11.2 Å². The third-order valence-corrected chi connectivity index (χ3v) is 7.16. The van der Waals surface area contributed by atoms with Crippen molar-refractivity contribution in [2.75, 3.05) is 25.5 Å². The molecule has 1 saturated heterocycles. The van der Waals surface area contributed by atoms with E-state index >= 15 is 0 Å². The summed E-state index contributed by atoms with van der Waals surface area (Å²) in [7, 11) is 1.36. The van der Waals surface area contributed by atoms with Gasteiger partial charge in [-0.2, -0.15) is 0 Å². The van der Waals surface area contributed by atoms with Gasteiger partial charge in [0.25, 0.3) is 5.91 Å². The van der Waals surface area contributed by atoms with E-state index in [1.807, 2.05) is 51.9 Å². The maximum absolute atomic E-state index is 14.5. The lowest BCUT2D eigenvalue weighted by Gasteiger charge is -2.32. The Hall–Kier alpha value is -3.91. The molecule has 0 bridgehead atoms. The quantitative estimate of drug-likeness (QED) is 0.372. The molecule has 0 saturated carbocycles. The van der Waals surface area contributed by atoms with Gasteiger partial charge in [0.1, 0.15) is 0 Å². The summed E-state index contributed by atoms with van der Waals surface area (Å²) in [6, 6.07) is 14.3. The number of anilines is 1. The summed E-state index contributed by atoms with van der Waals surface area (Å²) in [6.07, 6.45) is 6.78. The normalized spacial score (nSPS) is 14.1. The maximum atomic E-state index is 14.5. The minimum absolute atomic E-state index is 0.0275. The summed E-state index contributed by atoms with van der Waals surface area (Å²) in [5.74, 6) is -0.604. The number of hydrogen-bond acceptors (Lipinski definition) is 4. The topological polar surface area (TPSA) is 75.9 Å². The van der Waals surface area contributed by atoms with Crippen LogP contribution in [-0.4, -0.2) is 46.3 Å². The molecule has 0 atom stereocenters. The minimum atomic E-state index is -0.632. The average Bonchev–Trinajstić information content (AvgIpc) is 3.39. The number of benzene rings is 2. The number of ether oxygens (including phenoxy) is 1. The number of rotatable bonds is 6. The molecular weight excluding hydrogens is 495 g/mol. The number of likely N-dealkylation sites (tertiary alicyclic amines) is 1. The number of methoxy groups -OCH3 is 1. The standard InChI is InChI=1S/C28H26ClFN4O3/c1-37-25-9-8-24(29)23(27(25)30)14-26(35)32-21-5-2-18(3-6-21)19-10-12-33(13-11-19)28(36)20-4-7-22-15-31-17-34(22)16-20/h2-9,15-17,19H,10-14H2,1H3,(H,32,35). The summed E-state index contributed by atoms with van der Waals surface area (Å²) >= 11 is 6.09. The second-order valence-corrected chi connectivity index (χ2v) is 9.51. The zero-order chi connectivity index (χ0) is 25.9. The maximum Gasteiger partial charge on any atom is 0.255 e.